The molecule has 11 heteroatoms. The lowest BCUT2D eigenvalue weighted by Gasteiger charge is -2.45. The van der Waals surface area contributed by atoms with Crippen molar-refractivity contribution in [1.29, 1.82) is 0 Å². The SMILES string of the molecule is N[C@H]1[C@@H](O[C@H]2[C@H](O)[C@@H](O)C(O)O[C@@H]2CO)O[C@H](CO)[C@@H](O)[C@@H]1O. The van der Waals surface area contributed by atoms with Crippen LogP contribution >= 0.6 is 0 Å². The summed E-state index contributed by atoms with van der Waals surface area (Å²) in [6, 6.07) is -1.22. The maximum Gasteiger partial charge on any atom is 0.184 e. The normalized spacial score (nSPS) is 51.7. The Morgan fingerprint density at radius 2 is 1.39 bits per heavy atom. The van der Waals surface area contributed by atoms with Gasteiger partial charge in [-0.05, 0) is 0 Å². The lowest BCUT2D eigenvalue weighted by Crippen LogP contribution is -2.66. The van der Waals surface area contributed by atoms with Gasteiger partial charge in [-0.3, -0.25) is 0 Å². The standard InChI is InChI=1S/C12H23NO10/c13-5-7(17)6(16)3(1-14)22-12(5)23-10-4(2-15)21-11(20)9(19)8(10)18/h3-12,14-20H,1-2,13H2/t3-,4-,5-,6-,7-,8-,9-,10-,11?,12-/m1/s1. The zero-order chi connectivity index (χ0) is 17.3. The molecular weight excluding hydrogens is 318 g/mol. The van der Waals surface area contributed by atoms with Crippen LogP contribution in [0.1, 0.15) is 0 Å². The summed E-state index contributed by atoms with van der Waals surface area (Å²) >= 11 is 0. The van der Waals surface area contributed by atoms with Gasteiger partial charge in [0.05, 0.1) is 19.3 Å². The van der Waals surface area contributed by atoms with Crippen molar-refractivity contribution in [3.63, 3.8) is 0 Å². The number of aliphatic hydroxyl groups is 7. The molecule has 0 aromatic rings. The second kappa shape index (κ2) is 7.63. The third-order valence-corrected chi connectivity index (χ3v) is 4.06. The predicted octanol–water partition coefficient (Wildman–Crippen LogP) is -5.43. The lowest BCUT2D eigenvalue weighted by atomic mass is 9.96. The largest absolute Gasteiger partial charge is 0.394 e. The molecule has 0 aromatic heterocycles. The lowest BCUT2D eigenvalue weighted by molar-refractivity contribution is -0.339. The molecule has 10 atom stereocenters. The van der Waals surface area contributed by atoms with E-state index in [0.29, 0.717) is 0 Å². The Morgan fingerprint density at radius 1 is 0.783 bits per heavy atom. The van der Waals surface area contributed by atoms with Crippen LogP contribution in [0.25, 0.3) is 0 Å². The second-order valence-electron chi connectivity index (χ2n) is 5.61. The summed E-state index contributed by atoms with van der Waals surface area (Å²) in [5, 5.41) is 67.0. The van der Waals surface area contributed by atoms with Crippen molar-refractivity contribution in [2.24, 2.45) is 5.73 Å². The molecule has 11 nitrogen and oxygen atoms in total. The zero-order valence-electron chi connectivity index (χ0n) is 12.1. The van der Waals surface area contributed by atoms with Crippen molar-refractivity contribution in [1.82, 2.24) is 0 Å². The molecule has 2 fully saturated rings. The van der Waals surface area contributed by atoms with Crippen LogP contribution in [0.15, 0.2) is 0 Å². The quantitative estimate of drug-likeness (QED) is 0.243. The topological polar surface area (TPSA) is 195 Å². The fraction of sp³-hybridized carbons (Fsp3) is 1.00. The maximum atomic E-state index is 9.98. The van der Waals surface area contributed by atoms with Gasteiger partial charge < -0.3 is 55.7 Å². The molecule has 0 bridgehead atoms. The highest BCUT2D eigenvalue weighted by Gasteiger charge is 2.49. The molecule has 2 rings (SSSR count). The highest BCUT2D eigenvalue weighted by atomic mass is 16.7. The van der Waals surface area contributed by atoms with Crippen molar-refractivity contribution in [2.75, 3.05) is 13.2 Å². The molecule has 9 N–H and O–H groups in total. The fourth-order valence-electron chi connectivity index (χ4n) is 2.62. The molecule has 2 aliphatic heterocycles. The first-order chi connectivity index (χ1) is 10.8. The Kier molecular flexibility index (Phi) is 6.27. The molecule has 0 aliphatic carbocycles. The third kappa shape index (κ3) is 3.65. The molecule has 0 saturated carbocycles. The molecule has 2 heterocycles. The molecule has 23 heavy (non-hydrogen) atoms. The molecule has 136 valence electrons. The highest BCUT2D eigenvalue weighted by Crippen LogP contribution is 2.27. The summed E-state index contributed by atoms with van der Waals surface area (Å²) in [6.07, 6.45) is -12.9. The van der Waals surface area contributed by atoms with E-state index < -0.39 is 74.6 Å². The Morgan fingerprint density at radius 3 is 1.96 bits per heavy atom. The molecular formula is C12H23NO10. The van der Waals surface area contributed by atoms with E-state index in [9.17, 15) is 30.6 Å². The zero-order valence-corrected chi connectivity index (χ0v) is 12.1. The maximum absolute atomic E-state index is 9.98. The smallest absolute Gasteiger partial charge is 0.184 e. The van der Waals surface area contributed by atoms with Crippen LogP contribution in [0.2, 0.25) is 0 Å². The van der Waals surface area contributed by atoms with Gasteiger partial charge in [0.25, 0.3) is 0 Å². The van der Waals surface area contributed by atoms with Gasteiger partial charge in [-0.15, -0.1) is 0 Å². The average molecular weight is 341 g/mol. The van der Waals surface area contributed by atoms with Crippen LogP contribution in [0.5, 0.6) is 0 Å². The Bertz CT molecular complexity index is 383. The van der Waals surface area contributed by atoms with Crippen molar-refractivity contribution < 1.29 is 50.0 Å². The number of rotatable bonds is 4. The summed E-state index contributed by atoms with van der Waals surface area (Å²) in [4.78, 5) is 0. The molecule has 2 saturated heterocycles. The summed E-state index contributed by atoms with van der Waals surface area (Å²) < 4.78 is 15.6. The van der Waals surface area contributed by atoms with Crippen LogP contribution < -0.4 is 5.73 Å². The van der Waals surface area contributed by atoms with Crippen LogP contribution in [0.4, 0.5) is 0 Å². The van der Waals surface area contributed by atoms with Gasteiger partial charge in [0.2, 0.25) is 0 Å². The highest BCUT2D eigenvalue weighted by molar-refractivity contribution is 4.95. The number of hydrogen-bond acceptors (Lipinski definition) is 11. The van der Waals surface area contributed by atoms with Crippen molar-refractivity contribution in [3.05, 3.63) is 0 Å². The summed E-state index contributed by atoms with van der Waals surface area (Å²) in [6.45, 7) is -1.25. The van der Waals surface area contributed by atoms with Gasteiger partial charge in [-0.1, -0.05) is 0 Å². The van der Waals surface area contributed by atoms with Gasteiger partial charge >= 0.3 is 0 Å². The van der Waals surface area contributed by atoms with E-state index in [-0.39, 0.29) is 0 Å². The number of hydrogen-bond donors (Lipinski definition) is 8. The molecule has 2 aliphatic rings. The molecule has 0 radical (unpaired) electrons. The van der Waals surface area contributed by atoms with Crippen molar-refractivity contribution in [2.45, 2.75) is 61.3 Å². The molecule has 1 unspecified atom stereocenters. The van der Waals surface area contributed by atoms with E-state index in [0.717, 1.165) is 0 Å². The predicted molar refractivity (Wildman–Crippen MR) is 70.6 cm³/mol. The average Bonchev–Trinajstić information content (AvgIpc) is 2.55. The van der Waals surface area contributed by atoms with Crippen molar-refractivity contribution in [3.8, 4) is 0 Å². The van der Waals surface area contributed by atoms with Crippen LogP contribution in [0, 0.1) is 0 Å². The van der Waals surface area contributed by atoms with Gasteiger partial charge in [0.1, 0.15) is 42.7 Å². The minimum absolute atomic E-state index is 0.612. The number of aliphatic hydroxyl groups excluding tert-OH is 7. The third-order valence-electron chi connectivity index (χ3n) is 4.06. The molecule has 0 amide bonds. The Hall–Kier alpha value is -0.440. The van der Waals surface area contributed by atoms with E-state index in [1.165, 1.54) is 0 Å². The minimum atomic E-state index is -1.71. The summed E-state index contributed by atoms with van der Waals surface area (Å²) in [5.74, 6) is 0. The minimum Gasteiger partial charge on any atom is -0.394 e. The second-order valence-corrected chi connectivity index (χ2v) is 5.61. The van der Waals surface area contributed by atoms with E-state index in [4.69, 9.17) is 25.1 Å². The Labute approximate surface area is 131 Å². The van der Waals surface area contributed by atoms with E-state index in [1.54, 1.807) is 0 Å². The first kappa shape index (κ1) is 18.9. The fourth-order valence-corrected chi connectivity index (χ4v) is 2.62. The van der Waals surface area contributed by atoms with Crippen LogP contribution in [-0.4, -0.2) is 110 Å². The first-order valence-electron chi connectivity index (χ1n) is 7.15. The van der Waals surface area contributed by atoms with Gasteiger partial charge in [-0.2, -0.15) is 0 Å². The molecule has 0 aromatic carbocycles. The Balaban J connectivity index is 2.11. The first-order valence-corrected chi connectivity index (χ1v) is 7.15. The molecule has 0 spiro atoms. The van der Waals surface area contributed by atoms with E-state index in [1.807, 2.05) is 0 Å². The van der Waals surface area contributed by atoms with Crippen LogP contribution in [0.3, 0.4) is 0 Å². The van der Waals surface area contributed by atoms with E-state index in [2.05, 4.69) is 0 Å². The van der Waals surface area contributed by atoms with Gasteiger partial charge in [-0.25, -0.2) is 0 Å². The van der Waals surface area contributed by atoms with Crippen LogP contribution in [-0.2, 0) is 14.2 Å². The summed E-state index contributed by atoms with van der Waals surface area (Å²) in [5.41, 5.74) is 5.70. The monoisotopic (exact) mass is 341 g/mol. The number of nitrogens with two attached hydrogens (primary N) is 1. The van der Waals surface area contributed by atoms with E-state index >= 15 is 0 Å². The number of ether oxygens (including phenoxy) is 3. The van der Waals surface area contributed by atoms with Gasteiger partial charge in [0, 0.05) is 0 Å². The van der Waals surface area contributed by atoms with Gasteiger partial charge in [0.15, 0.2) is 12.6 Å². The summed E-state index contributed by atoms with van der Waals surface area (Å²) in [7, 11) is 0. The van der Waals surface area contributed by atoms with Crippen molar-refractivity contribution >= 4 is 0 Å².